The first-order chi connectivity index (χ1) is 15.1. The van der Waals surface area contributed by atoms with E-state index in [2.05, 4.69) is 10.6 Å². The largest absolute Gasteiger partial charge is 0.493 e. The molecule has 1 heterocycles. The molecule has 170 valence electrons. The molecule has 1 aliphatic heterocycles. The lowest BCUT2D eigenvalue weighted by Crippen LogP contribution is -2.45. The maximum atomic E-state index is 12.9. The Bertz CT molecular complexity index is 1070. The van der Waals surface area contributed by atoms with E-state index in [1.807, 2.05) is 0 Å². The molecule has 0 spiro atoms. The number of ether oxygens (including phenoxy) is 3. The highest BCUT2D eigenvalue weighted by Crippen LogP contribution is 2.35. The molecule has 32 heavy (non-hydrogen) atoms. The van der Waals surface area contributed by atoms with Crippen LogP contribution in [0.1, 0.15) is 29.7 Å². The van der Waals surface area contributed by atoms with E-state index in [0.717, 1.165) is 12.1 Å². The van der Waals surface area contributed by atoms with Crippen LogP contribution in [0.4, 0.5) is 18.0 Å². The maximum absolute atomic E-state index is 12.9. The summed E-state index contributed by atoms with van der Waals surface area (Å²) in [6, 6.07) is 8.32. The number of alkyl halides is 3. The summed E-state index contributed by atoms with van der Waals surface area (Å²) in [5.74, 6) is -0.0396. The van der Waals surface area contributed by atoms with Crippen LogP contribution in [0.15, 0.2) is 53.7 Å². The fourth-order valence-electron chi connectivity index (χ4n) is 3.31. The number of halogens is 3. The van der Waals surface area contributed by atoms with Crippen LogP contribution in [-0.4, -0.2) is 26.2 Å². The highest BCUT2D eigenvalue weighted by molar-refractivity contribution is 5.95. The molecule has 0 aliphatic carbocycles. The molecule has 2 amide bonds. The van der Waals surface area contributed by atoms with Gasteiger partial charge in [0.25, 0.3) is 0 Å². The Labute approximate surface area is 182 Å². The van der Waals surface area contributed by atoms with E-state index < -0.39 is 29.8 Å². The predicted molar refractivity (Wildman–Crippen MR) is 108 cm³/mol. The standard InChI is InChI=1S/C22H21F3N2O5/c1-12-18(20(28)31-3)19(27-21(29)26-12)14-7-8-16(17(10-14)30-2)32-11-13-5-4-6-15(9-13)22(23,24)25/h4-10,19H,11H2,1-3H3,(H2,26,27,29). The molecule has 0 bridgehead atoms. The van der Waals surface area contributed by atoms with Gasteiger partial charge < -0.3 is 24.8 Å². The van der Waals surface area contributed by atoms with Crippen molar-refractivity contribution in [2.24, 2.45) is 0 Å². The first-order valence-corrected chi connectivity index (χ1v) is 9.47. The molecule has 7 nitrogen and oxygen atoms in total. The van der Waals surface area contributed by atoms with Crippen molar-refractivity contribution in [3.63, 3.8) is 0 Å². The van der Waals surface area contributed by atoms with Crippen LogP contribution < -0.4 is 20.1 Å². The predicted octanol–water partition coefficient (Wildman–Crippen LogP) is 4.09. The van der Waals surface area contributed by atoms with Crippen molar-refractivity contribution < 1.29 is 37.0 Å². The number of hydrogen-bond acceptors (Lipinski definition) is 5. The number of carbonyl (C=O) groups is 2. The fraction of sp³-hybridized carbons (Fsp3) is 0.273. The van der Waals surface area contributed by atoms with Crippen LogP contribution in [0.5, 0.6) is 11.5 Å². The van der Waals surface area contributed by atoms with Crippen molar-refractivity contribution in [3.05, 3.63) is 70.4 Å². The Hall–Kier alpha value is -3.69. The van der Waals surface area contributed by atoms with E-state index in [1.54, 1.807) is 25.1 Å². The molecule has 2 aromatic carbocycles. The summed E-state index contributed by atoms with van der Waals surface area (Å²) >= 11 is 0. The van der Waals surface area contributed by atoms with E-state index in [1.165, 1.54) is 26.4 Å². The van der Waals surface area contributed by atoms with E-state index in [-0.39, 0.29) is 23.7 Å². The lowest BCUT2D eigenvalue weighted by atomic mass is 9.95. The second-order valence-electron chi connectivity index (χ2n) is 6.96. The average molecular weight is 450 g/mol. The molecular formula is C22H21F3N2O5. The molecule has 0 saturated carbocycles. The van der Waals surface area contributed by atoms with Gasteiger partial charge >= 0.3 is 18.2 Å². The van der Waals surface area contributed by atoms with E-state index >= 15 is 0 Å². The summed E-state index contributed by atoms with van der Waals surface area (Å²) in [4.78, 5) is 24.2. The number of amides is 2. The Balaban J connectivity index is 1.86. The molecule has 2 N–H and O–H groups in total. The molecule has 10 heteroatoms. The van der Waals surface area contributed by atoms with Crippen molar-refractivity contribution in [1.29, 1.82) is 0 Å². The molecule has 1 aliphatic rings. The van der Waals surface area contributed by atoms with Crippen molar-refractivity contribution in [1.82, 2.24) is 10.6 Å². The van der Waals surface area contributed by atoms with Gasteiger partial charge in [0.15, 0.2) is 11.5 Å². The molecule has 1 unspecified atom stereocenters. The number of esters is 1. The lowest BCUT2D eigenvalue weighted by molar-refractivity contribution is -0.138. The van der Waals surface area contributed by atoms with E-state index in [0.29, 0.717) is 16.8 Å². The molecule has 0 fully saturated rings. The van der Waals surface area contributed by atoms with Crippen LogP contribution in [0.25, 0.3) is 0 Å². The summed E-state index contributed by atoms with van der Waals surface area (Å²) in [6.07, 6.45) is -4.45. The first-order valence-electron chi connectivity index (χ1n) is 9.47. The topological polar surface area (TPSA) is 85.9 Å². The molecule has 2 aromatic rings. The van der Waals surface area contributed by atoms with Crippen molar-refractivity contribution >= 4 is 12.0 Å². The maximum Gasteiger partial charge on any atom is 0.416 e. The number of methoxy groups -OCH3 is 2. The second-order valence-corrected chi connectivity index (χ2v) is 6.96. The zero-order valence-electron chi connectivity index (χ0n) is 17.5. The summed E-state index contributed by atoms with van der Waals surface area (Å²) < 4.78 is 54.6. The van der Waals surface area contributed by atoms with Gasteiger partial charge in [-0.25, -0.2) is 9.59 Å². The lowest BCUT2D eigenvalue weighted by Gasteiger charge is -2.28. The fourth-order valence-corrected chi connectivity index (χ4v) is 3.31. The molecule has 3 rings (SSSR count). The summed E-state index contributed by atoms with van der Waals surface area (Å²) in [5.41, 5.74) is 0.687. The minimum absolute atomic E-state index is 0.115. The Morgan fingerprint density at radius 1 is 1.09 bits per heavy atom. The zero-order valence-corrected chi connectivity index (χ0v) is 17.5. The molecule has 0 saturated heterocycles. The van der Waals surface area contributed by atoms with E-state index in [4.69, 9.17) is 14.2 Å². The number of rotatable bonds is 6. The van der Waals surface area contributed by atoms with Gasteiger partial charge in [0.05, 0.1) is 31.4 Å². The Kier molecular flexibility index (Phi) is 6.61. The van der Waals surface area contributed by atoms with Gasteiger partial charge in [-0.2, -0.15) is 13.2 Å². The van der Waals surface area contributed by atoms with Crippen molar-refractivity contribution in [2.45, 2.75) is 25.7 Å². The van der Waals surface area contributed by atoms with Crippen LogP contribution >= 0.6 is 0 Å². The van der Waals surface area contributed by atoms with Crippen LogP contribution in [0.2, 0.25) is 0 Å². The van der Waals surface area contributed by atoms with Crippen LogP contribution in [-0.2, 0) is 22.3 Å². The first kappa shape index (κ1) is 23.0. The smallest absolute Gasteiger partial charge is 0.416 e. The number of carbonyl (C=O) groups excluding carboxylic acids is 2. The van der Waals surface area contributed by atoms with Gasteiger partial charge in [0.2, 0.25) is 0 Å². The van der Waals surface area contributed by atoms with Gasteiger partial charge in [0.1, 0.15) is 6.61 Å². The van der Waals surface area contributed by atoms with Crippen molar-refractivity contribution in [2.75, 3.05) is 14.2 Å². The quantitative estimate of drug-likeness (QED) is 0.648. The number of benzene rings is 2. The highest BCUT2D eigenvalue weighted by atomic mass is 19.4. The third-order valence-corrected chi connectivity index (χ3v) is 4.84. The molecule has 0 aromatic heterocycles. The number of nitrogens with one attached hydrogen (secondary N) is 2. The highest BCUT2D eigenvalue weighted by Gasteiger charge is 2.32. The van der Waals surface area contributed by atoms with Gasteiger partial charge in [-0.3, -0.25) is 0 Å². The van der Waals surface area contributed by atoms with Gasteiger partial charge in [0, 0.05) is 5.70 Å². The Morgan fingerprint density at radius 3 is 2.50 bits per heavy atom. The monoisotopic (exact) mass is 450 g/mol. The number of allylic oxidation sites excluding steroid dienone is 1. The zero-order chi connectivity index (χ0) is 23.5. The third kappa shape index (κ3) is 4.96. The SMILES string of the molecule is COC(=O)C1=C(C)NC(=O)NC1c1ccc(OCc2cccc(C(F)(F)F)c2)c(OC)c1. The average Bonchev–Trinajstić information content (AvgIpc) is 2.76. The minimum atomic E-state index is -4.45. The van der Waals surface area contributed by atoms with Gasteiger partial charge in [-0.1, -0.05) is 18.2 Å². The third-order valence-electron chi connectivity index (χ3n) is 4.84. The number of urea groups is 1. The minimum Gasteiger partial charge on any atom is -0.493 e. The van der Waals surface area contributed by atoms with E-state index in [9.17, 15) is 22.8 Å². The second kappa shape index (κ2) is 9.21. The summed E-state index contributed by atoms with van der Waals surface area (Å²) in [6.45, 7) is 1.47. The number of hydrogen-bond donors (Lipinski definition) is 2. The van der Waals surface area contributed by atoms with Crippen LogP contribution in [0.3, 0.4) is 0 Å². The Morgan fingerprint density at radius 2 is 1.84 bits per heavy atom. The molecule has 0 radical (unpaired) electrons. The van der Waals surface area contributed by atoms with Gasteiger partial charge in [-0.15, -0.1) is 0 Å². The normalized spacial score (nSPS) is 16.2. The summed E-state index contributed by atoms with van der Waals surface area (Å²) in [7, 11) is 2.64. The molecule has 1 atom stereocenters. The van der Waals surface area contributed by atoms with Gasteiger partial charge in [-0.05, 0) is 42.3 Å². The van der Waals surface area contributed by atoms with Crippen molar-refractivity contribution in [3.8, 4) is 11.5 Å². The molecular weight excluding hydrogens is 429 g/mol. The summed E-state index contributed by atoms with van der Waals surface area (Å²) in [5, 5.41) is 5.20. The van der Waals surface area contributed by atoms with Crippen LogP contribution in [0, 0.1) is 0 Å².